The first kappa shape index (κ1) is 22.3. The zero-order valence-corrected chi connectivity index (χ0v) is 19.5. The lowest BCUT2D eigenvalue weighted by Gasteiger charge is -2.27. The third kappa shape index (κ3) is 4.65. The molecule has 4 nitrogen and oxygen atoms in total. The number of amides is 2. The molecule has 1 heterocycles. The molecule has 0 aliphatic rings. The number of carbonyl (C=O) groups excluding carboxylic acids is 2. The molecule has 162 valence electrons. The van der Waals surface area contributed by atoms with Gasteiger partial charge in [0.1, 0.15) is 5.41 Å². The molecule has 0 bridgehead atoms. The Morgan fingerprint density at radius 2 is 1.31 bits per heavy atom. The van der Waals surface area contributed by atoms with E-state index in [0.717, 1.165) is 15.0 Å². The summed E-state index contributed by atoms with van der Waals surface area (Å²) in [6.07, 6.45) is 0.221. The highest BCUT2D eigenvalue weighted by Crippen LogP contribution is 2.34. The Kier molecular flexibility index (Phi) is 6.51. The molecule has 0 aliphatic heterocycles. The highest BCUT2D eigenvalue weighted by atomic mass is 35.5. The molecule has 3 aromatic carbocycles. The van der Waals surface area contributed by atoms with Gasteiger partial charge in [0.15, 0.2) is 0 Å². The van der Waals surface area contributed by atoms with E-state index in [-0.39, 0.29) is 6.42 Å². The van der Waals surface area contributed by atoms with Crippen molar-refractivity contribution in [2.75, 3.05) is 10.6 Å². The van der Waals surface area contributed by atoms with Gasteiger partial charge in [-0.2, -0.15) is 0 Å². The summed E-state index contributed by atoms with van der Waals surface area (Å²) >= 11 is 14.0. The standard InChI is InChI=1S/C25H20Cl2N2O2S/c1-25(23(30)28-20-11-5-3-9-18(20)26,24(31)29-21-12-6-4-10-19(21)27)15-17-14-16-8-2-7-13-22(16)32-17/h2-14H,15H2,1H3,(H,28,30)(H,29,31). The third-order valence-electron chi connectivity index (χ3n) is 5.25. The summed E-state index contributed by atoms with van der Waals surface area (Å²) < 4.78 is 1.10. The van der Waals surface area contributed by atoms with Gasteiger partial charge in [0.05, 0.1) is 21.4 Å². The van der Waals surface area contributed by atoms with Crippen LogP contribution in [-0.4, -0.2) is 11.8 Å². The molecule has 0 unspecified atom stereocenters. The molecule has 0 aliphatic carbocycles. The molecule has 2 N–H and O–H groups in total. The molecular weight excluding hydrogens is 463 g/mol. The number of nitrogens with one attached hydrogen (secondary N) is 2. The van der Waals surface area contributed by atoms with E-state index in [9.17, 15) is 9.59 Å². The van der Waals surface area contributed by atoms with Crippen LogP contribution in [0, 0.1) is 5.41 Å². The number of para-hydroxylation sites is 2. The van der Waals surface area contributed by atoms with Crippen molar-refractivity contribution in [2.24, 2.45) is 5.41 Å². The molecule has 7 heteroatoms. The molecule has 32 heavy (non-hydrogen) atoms. The Morgan fingerprint density at radius 1 is 0.812 bits per heavy atom. The molecule has 4 rings (SSSR count). The lowest BCUT2D eigenvalue weighted by Crippen LogP contribution is -2.45. The summed E-state index contributed by atoms with van der Waals surface area (Å²) in [7, 11) is 0. The van der Waals surface area contributed by atoms with E-state index in [1.807, 2.05) is 30.3 Å². The van der Waals surface area contributed by atoms with Crippen molar-refractivity contribution in [2.45, 2.75) is 13.3 Å². The van der Waals surface area contributed by atoms with Crippen LogP contribution in [0.4, 0.5) is 11.4 Å². The van der Waals surface area contributed by atoms with Crippen LogP contribution in [0.2, 0.25) is 10.0 Å². The Balaban J connectivity index is 1.68. The van der Waals surface area contributed by atoms with Crippen molar-refractivity contribution < 1.29 is 9.59 Å². The Labute approximate surface area is 200 Å². The lowest BCUT2D eigenvalue weighted by molar-refractivity contribution is -0.136. The Morgan fingerprint density at radius 3 is 1.84 bits per heavy atom. The number of hydrogen-bond donors (Lipinski definition) is 2. The largest absolute Gasteiger partial charge is 0.324 e. The molecule has 0 atom stereocenters. The van der Waals surface area contributed by atoms with Crippen LogP contribution >= 0.6 is 34.5 Å². The average molecular weight is 483 g/mol. The van der Waals surface area contributed by atoms with E-state index in [0.29, 0.717) is 21.4 Å². The van der Waals surface area contributed by atoms with E-state index in [1.54, 1.807) is 66.8 Å². The molecule has 4 aromatic rings. The monoisotopic (exact) mass is 482 g/mol. The highest BCUT2D eigenvalue weighted by molar-refractivity contribution is 7.19. The number of rotatable bonds is 6. The van der Waals surface area contributed by atoms with Crippen molar-refractivity contribution >= 4 is 67.8 Å². The predicted octanol–water partition coefficient (Wildman–Crippen LogP) is 7.03. The smallest absolute Gasteiger partial charge is 0.240 e. The quantitative estimate of drug-likeness (QED) is 0.289. The SMILES string of the molecule is CC(Cc1cc2ccccc2s1)(C(=O)Nc1ccccc1Cl)C(=O)Nc1ccccc1Cl. The van der Waals surface area contributed by atoms with Crippen LogP contribution in [0.3, 0.4) is 0 Å². The number of anilines is 2. The number of fused-ring (bicyclic) bond motifs is 1. The second kappa shape index (κ2) is 9.33. The second-order valence-corrected chi connectivity index (χ2v) is 9.61. The molecule has 2 amide bonds. The van der Waals surface area contributed by atoms with Crippen LogP contribution in [0.1, 0.15) is 11.8 Å². The van der Waals surface area contributed by atoms with Crippen molar-refractivity contribution in [1.82, 2.24) is 0 Å². The molecule has 1 aromatic heterocycles. The summed E-state index contributed by atoms with van der Waals surface area (Å²) in [5.41, 5.74) is -0.515. The van der Waals surface area contributed by atoms with Gasteiger partial charge in [0, 0.05) is 16.0 Å². The number of hydrogen-bond acceptors (Lipinski definition) is 3. The molecule has 0 radical (unpaired) electrons. The summed E-state index contributed by atoms with van der Waals surface area (Å²) in [5.74, 6) is -0.903. The molecule has 0 saturated carbocycles. The first-order chi connectivity index (χ1) is 15.4. The third-order valence-corrected chi connectivity index (χ3v) is 7.03. The fourth-order valence-electron chi connectivity index (χ4n) is 3.38. The minimum absolute atomic E-state index is 0.221. The molecule has 0 saturated heterocycles. The van der Waals surface area contributed by atoms with Crippen molar-refractivity contribution in [3.8, 4) is 0 Å². The van der Waals surface area contributed by atoms with E-state index < -0.39 is 17.2 Å². The minimum Gasteiger partial charge on any atom is -0.324 e. The van der Waals surface area contributed by atoms with Gasteiger partial charge in [-0.05, 0) is 48.7 Å². The van der Waals surface area contributed by atoms with Crippen molar-refractivity contribution in [3.05, 3.63) is 93.8 Å². The first-order valence-corrected chi connectivity index (χ1v) is 11.5. The lowest BCUT2D eigenvalue weighted by atomic mass is 9.83. The van der Waals surface area contributed by atoms with Gasteiger partial charge in [-0.1, -0.05) is 65.7 Å². The van der Waals surface area contributed by atoms with Crippen LogP contribution in [0.15, 0.2) is 78.9 Å². The van der Waals surface area contributed by atoms with E-state index in [2.05, 4.69) is 10.6 Å². The topological polar surface area (TPSA) is 58.2 Å². The maximum Gasteiger partial charge on any atom is 0.240 e. The number of carbonyl (C=O) groups is 2. The van der Waals surface area contributed by atoms with Crippen LogP contribution in [0.25, 0.3) is 10.1 Å². The molecular formula is C25H20Cl2N2O2S. The first-order valence-electron chi connectivity index (χ1n) is 9.96. The average Bonchev–Trinajstić information content (AvgIpc) is 3.18. The van der Waals surface area contributed by atoms with Gasteiger partial charge in [0.2, 0.25) is 11.8 Å². The van der Waals surface area contributed by atoms with Gasteiger partial charge in [-0.15, -0.1) is 11.3 Å². The summed E-state index contributed by atoms with van der Waals surface area (Å²) in [6, 6.07) is 23.9. The fourth-order valence-corrected chi connectivity index (χ4v) is 4.97. The summed E-state index contributed by atoms with van der Waals surface area (Å²) in [4.78, 5) is 27.9. The number of halogens is 2. The minimum atomic E-state index is -1.42. The molecule has 0 spiro atoms. The second-order valence-electron chi connectivity index (χ2n) is 7.63. The van der Waals surface area contributed by atoms with Crippen LogP contribution in [0.5, 0.6) is 0 Å². The maximum absolute atomic E-state index is 13.5. The number of benzene rings is 3. The highest BCUT2D eigenvalue weighted by Gasteiger charge is 2.42. The van der Waals surface area contributed by atoms with E-state index >= 15 is 0 Å². The summed E-state index contributed by atoms with van der Waals surface area (Å²) in [5, 5.41) is 7.53. The van der Waals surface area contributed by atoms with Gasteiger partial charge >= 0.3 is 0 Å². The predicted molar refractivity (Wildman–Crippen MR) is 134 cm³/mol. The van der Waals surface area contributed by atoms with Gasteiger partial charge in [-0.25, -0.2) is 0 Å². The maximum atomic E-state index is 13.5. The van der Waals surface area contributed by atoms with Crippen molar-refractivity contribution in [3.63, 3.8) is 0 Å². The zero-order valence-electron chi connectivity index (χ0n) is 17.2. The normalized spacial score (nSPS) is 11.3. The van der Waals surface area contributed by atoms with Crippen molar-refractivity contribution in [1.29, 1.82) is 0 Å². The van der Waals surface area contributed by atoms with Gasteiger partial charge < -0.3 is 10.6 Å². The van der Waals surface area contributed by atoms with Gasteiger partial charge in [0.25, 0.3) is 0 Å². The van der Waals surface area contributed by atoms with E-state index in [4.69, 9.17) is 23.2 Å². The van der Waals surface area contributed by atoms with Crippen LogP contribution in [-0.2, 0) is 16.0 Å². The Hall–Kier alpha value is -2.86. The molecule has 0 fully saturated rings. The van der Waals surface area contributed by atoms with E-state index in [1.165, 1.54) is 0 Å². The van der Waals surface area contributed by atoms with Crippen LogP contribution < -0.4 is 10.6 Å². The Bertz CT molecular complexity index is 1210. The number of thiophene rings is 1. The zero-order chi connectivity index (χ0) is 22.7. The van der Waals surface area contributed by atoms with Gasteiger partial charge in [-0.3, -0.25) is 9.59 Å². The fraction of sp³-hybridized carbons (Fsp3) is 0.120. The summed E-state index contributed by atoms with van der Waals surface area (Å²) in [6.45, 7) is 1.63.